The standard InChI is InChI=1S/C37H27BrN4O3S2/c38-27-15-9-10-24(22-27)23-31(40-34(43)26-13-5-2-6-14-26)35(44)39-28-18-20-29(21-19-28)46-33(25-11-3-1-4-12-25)36(45)42-37-41-30-16-7-8-17-32(30)47-37/h1-23,33H,(H,39,44)(H,40,43)(H,41,42,45)/b31-23-. The van der Waals surface area contributed by atoms with Crippen LogP contribution in [0.3, 0.4) is 0 Å². The summed E-state index contributed by atoms with van der Waals surface area (Å²) in [5.41, 5.74) is 3.48. The lowest BCUT2D eigenvalue weighted by atomic mass is 10.1. The zero-order valence-corrected chi connectivity index (χ0v) is 27.9. The summed E-state index contributed by atoms with van der Waals surface area (Å²) in [6.07, 6.45) is 1.62. The quantitative estimate of drug-likeness (QED) is 0.0970. The third-order valence-corrected chi connectivity index (χ3v) is 9.63. The summed E-state index contributed by atoms with van der Waals surface area (Å²) in [5, 5.41) is 8.64. The third kappa shape index (κ3) is 8.42. The van der Waals surface area contributed by atoms with Gasteiger partial charge in [0.05, 0.1) is 10.2 Å². The van der Waals surface area contributed by atoms with Gasteiger partial charge in [0.25, 0.3) is 11.8 Å². The molecule has 0 spiro atoms. The predicted octanol–water partition coefficient (Wildman–Crippen LogP) is 8.94. The maximum Gasteiger partial charge on any atom is 0.272 e. The van der Waals surface area contributed by atoms with Gasteiger partial charge in [-0.1, -0.05) is 100 Å². The van der Waals surface area contributed by atoms with E-state index in [1.165, 1.54) is 23.1 Å². The molecule has 3 amide bonds. The van der Waals surface area contributed by atoms with Crippen molar-refractivity contribution in [2.75, 3.05) is 10.6 Å². The molecule has 0 aliphatic heterocycles. The highest BCUT2D eigenvalue weighted by Gasteiger charge is 2.23. The molecule has 0 aliphatic rings. The number of fused-ring (bicyclic) bond motifs is 1. The Hall–Kier alpha value is -5.03. The summed E-state index contributed by atoms with van der Waals surface area (Å²) in [6, 6.07) is 40.7. The molecule has 0 aliphatic carbocycles. The fraction of sp³-hybridized carbons (Fsp3) is 0.0270. The lowest BCUT2D eigenvalue weighted by Gasteiger charge is -2.16. The molecule has 3 N–H and O–H groups in total. The Balaban J connectivity index is 1.18. The molecular formula is C37H27BrN4O3S2. The van der Waals surface area contributed by atoms with Crippen LogP contribution in [0, 0.1) is 0 Å². The van der Waals surface area contributed by atoms with E-state index < -0.39 is 17.1 Å². The second-order valence-electron chi connectivity index (χ2n) is 10.3. The third-order valence-electron chi connectivity index (χ3n) is 6.92. The van der Waals surface area contributed by atoms with Gasteiger partial charge in [-0.15, -0.1) is 11.8 Å². The number of nitrogens with zero attached hydrogens (tertiary/aromatic N) is 1. The van der Waals surface area contributed by atoms with Gasteiger partial charge in [0.1, 0.15) is 10.9 Å². The Morgan fingerprint density at radius 2 is 1.47 bits per heavy atom. The first-order valence-electron chi connectivity index (χ1n) is 14.5. The Morgan fingerprint density at radius 1 is 0.766 bits per heavy atom. The number of benzene rings is 5. The second-order valence-corrected chi connectivity index (χ2v) is 13.4. The molecule has 7 nitrogen and oxygen atoms in total. The van der Waals surface area contributed by atoms with Gasteiger partial charge in [-0.05, 0) is 77.9 Å². The van der Waals surface area contributed by atoms with Gasteiger partial charge >= 0.3 is 0 Å². The molecule has 6 aromatic rings. The molecule has 1 unspecified atom stereocenters. The van der Waals surface area contributed by atoms with Crippen molar-refractivity contribution in [1.29, 1.82) is 0 Å². The second kappa shape index (κ2) is 15.0. The van der Waals surface area contributed by atoms with Crippen molar-refractivity contribution in [3.8, 4) is 0 Å². The Labute approximate surface area is 288 Å². The van der Waals surface area contributed by atoms with Crippen LogP contribution in [0.1, 0.15) is 26.7 Å². The van der Waals surface area contributed by atoms with Crippen LogP contribution in [-0.2, 0) is 9.59 Å². The zero-order chi connectivity index (χ0) is 32.6. The van der Waals surface area contributed by atoms with Crippen LogP contribution in [0.25, 0.3) is 16.3 Å². The normalized spacial score (nSPS) is 11.9. The summed E-state index contributed by atoms with van der Waals surface area (Å²) in [5.74, 6) is -1.06. The summed E-state index contributed by atoms with van der Waals surface area (Å²) in [6.45, 7) is 0. The number of nitrogens with one attached hydrogen (secondary N) is 3. The van der Waals surface area contributed by atoms with Crippen LogP contribution < -0.4 is 16.0 Å². The van der Waals surface area contributed by atoms with Crippen LogP contribution in [-0.4, -0.2) is 22.7 Å². The minimum atomic E-state index is -0.545. The Morgan fingerprint density at radius 3 is 2.19 bits per heavy atom. The molecule has 1 aromatic heterocycles. The Bertz CT molecular complexity index is 2030. The van der Waals surface area contributed by atoms with Crippen molar-refractivity contribution in [3.63, 3.8) is 0 Å². The number of hydrogen-bond acceptors (Lipinski definition) is 6. The highest BCUT2D eigenvalue weighted by molar-refractivity contribution is 9.10. The monoisotopic (exact) mass is 718 g/mol. The van der Waals surface area contributed by atoms with Crippen LogP contribution >= 0.6 is 39.0 Å². The van der Waals surface area contributed by atoms with Gasteiger partial charge in [0.15, 0.2) is 5.13 Å². The maximum absolute atomic E-state index is 13.6. The van der Waals surface area contributed by atoms with Crippen molar-refractivity contribution in [2.24, 2.45) is 0 Å². The number of rotatable bonds is 10. The molecule has 0 fully saturated rings. The molecule has 1 atom stereocenters. The predicted molar refractivity (Wildman–Crippen MR) is 194 cm³/mol. The number of aromatic nitrogens is 1. The minimum absolute atomic E-state index is 0.0889. The number of para-hydroxylation sites is 1. The molecule has 5 aromatic carbocycles. The first-order chi connectivity index (χ1) is 22.9. The molecule has 47 heavy (non-hydrogen) atoms. The average Bonchev–Trinajstić information content (AvgIpc) is 3.50. The van der Waals surface area contributed by atoms with Gasteiger partial charge in [-0.2, -0.15) is 0 Å². The largest absolute Gasteiger partial charge is 0.321 e. The number of carbonyl (C=O) groups is 3. The lowest BCUT2D eigenvalue weighted by Crippen LogP contribution is -2.30. The number of thioether (sulfide) groups is 1. The fourth-order valence-electron chi connectivity index (χ4n) is 4.65. The van der Waals surface area contributed by atoms with E-state index in [0.29, 0.717) is 16.4 Å². The lowest BCUT2D eigenvalue weighted by molar-refractivity contribution is -0.116. The molecule has 0 radical (unpaired) electrons. The van der Waals surface area contributed by atoms with Crippen molar-refractivity contribution in [2.45, 2.75) is 10.1 Å². The number of anilines is 2. The molecule has 0 bridgehead atoms. The van der Waals surface area contributed by atoms with Crippen LogP contribution in [0.2, 0.25) is 0 Å². The average molecular weight is 720 g/mol. The number of thiazole rings is 1. The Kier molecular flexibility index (Phi) is 10.2. The highest BCUT2D eigenvalue weighted by Crippen LogP contribution is 2.37. The number of carbonyl (C=O) groups excluding carboxylic acids is 3. The van der Waals surface area contributed by atoms with Crippen molar-refractivity contribution >= 4 is 83.9 Å². The SMILES string of the molecule is O=C(Nc1ccc(SC(C(=O)Nc2nc3ccccc3s2)c2ccccc2)cc1)/C(=C/c1cccc(Br)c1)NC(=O)c1ccccc1. The maximum atomic E-state index is 13.6. The first-order valence-corrected chi connectivity index (χ1v) is 17.0. The molecule has 232 valence electrons. The molecule has 0 saturated carbocycles. The van der Waals surface area contributed by atoms with Crippen LogP contribution in [0.4, 0.5) is 10.8 Å². The van der Waals surface area contributed by atoms with Gasteiger partial charge in [0, 0.05) is 20.6 Å². The minimum Gasteiger partial charge on any atom is -0.321 e. The van der Waals surface area contributed by atoms with Gasteiger partial charge in [-0.25, -0.2) is 4.98 Å². The first kappa shape index (κ1) is 31.9. The van der Waals surface area contributed by atoms with E-state index >= 15 is 0 Å². The molecular weight excluding hydrogens is 692 g/mol. The number of hydrogen-bond donors (Lipinski definition) is 3. The van der Waals surface area contributed by atoms with E-state index in [9.17, 15) is 14.4 Å². The van der Waals surface area contributed by atoms with Crippen molar-refractivity contribution in [3.05, 3.63) is 160 Å². The summed E-state index contributed by atoms with van der Waals surface area (Å²) in [4.78, 5) is 45.4. The van der Waals surface area contributed by atoms with E-state index in [-0.39, 0.29) is 11.6 Å². The number of amides is 3. The molecule has 6 rings (SSSR count). The van der Waals surface area contributed by atoms with E-state index in [2.05, 4.69) is 36.9 Å². The summed E-state index contributed by atoms with van der Waals surface area (Å²) >= 11 is 6.28. The van der Waals surface area contributed by atoms with Crippen LogP contribution in [0.15, 0.2) is 149 Å². The highest BCUT2D eigenvalue weighted by atomic mass is 79.9. The van der Waals surface area contributed by atoms with Crippen LogP contribution in [0.5, 0.6) is 0 Å². The van der Waals surface area contributed by atoms with Gasteiger partial charge in [-0.3, -0.25) is 14.4 Å². The van der Waals surface area contributed by atoms with Gasteiger partial charge in [0.2, 0.25) is 5.91 Å². The number of halogens is 1. The molecule has 0 saturated heterocycles. The van der Waals surface area contributed by atoms with E-state index in [1.54, 1.807) is 42.5 Å². The summed E-state index contributed by atoms with van der Waals surface area (Å²) < 4.78 is 1.84. The topological polar surface area (TPSA) is 100 Å². The smallest absolute Gasteiger partial charge is 0.272 e. The fourth-order valence-corrected chi connectivity index (χ4v) is 6.96. The van der Waals surface area contributed by atoms with Gasteiger partial charge < -0.3 is 16.0 Å². The van der Waals surface area contributed by atoms with E-state index in [0.717, 1.165) is 30.7 Å². The van der Waals surface area contributed by atoms with E-state index in [1.807, 2.05) is 97.1 Å². The zero-order valence-electron chi connectivity index (χ0n) is 24.7. The van der Waals surface area contributed by atoms with Crippen molar-refractivity contribution in [1.82, 2.24) is 10.3 Å². The molecule has 10 heteroatoms. The summed E-state index contributed by atoms with van der Waals surface area (Å²) in [7, 11) is 0. The van der Waals surface area contributed by atoms with Crippen molar-refractivity contribution < 1.29 is 14.4 Å². The van der Waals surface area contributed by atoms with E-state index in [4.69, 9.17) is 0 Å². The molecule has 1 heterocycles.